The summed E-state index contributed by atoms with van der Waals surface area (Å²) in [5, 5.41) is 13.4. The van der Waals surface area contributed by atoms with Crippen LogP contribution in [-0.4, -0.2) is 210 Å². The first-order valence-corrected chi connectivity index (χ1v) is 16.9. The first kappa shape index (κ1) is 43.9. The van der Waals surface area contributed by atoms with Crippen LogP contribution >= 0.6 is 0 Å². The quantitative estimate of drug-likeness (QED) is 0.0289. The molecule has 0 rings (SSSR count). The van der Waals surface area contributed by atoms with Crippen molar-refractivity contribution in [2.24, 2.45) is 28.7 Å². The van der Waals surface area contributed by atoms with Gasteiger partial charge in [0.15, 0.2) is 0 Å². The third kappa shape index (κ3) is 28.8. The number of carbonyl (C=O) groups is 1. The molecule has 16 nitrogen and oxygen atoms in total. The highest BCUT2D eigenvalue weighted by atomic mass is 16.5. The van der Waals surface area contributed by atoms with E-state index in [0.29, 0.717) is 52.5 Å². The second kappa shape index (κ2) is 34.3. The van der Waals surface area contributed by atoms with Crippen molar-refractivity contribution in [3.8, 4) is 0 Å². The fourth-order valence-corrected chi connectivity index (χ4v) is 4.69. The molecule has 0 heterocycles. The standard InChI is InChI=1S/C29H71N13O3/c1-44-26-27-45-28-29(43)38-13-21-40(16-6-34)22-24-42(20-10-36-8-3-31)25-23-41(18-9-35-7-2-30)19-12-37-11-17-39(14-4-32)15-5-33/h35-37H,2-28,30-34H2,1H3,(H,38,43). The largest absolute Gasteiger partial charge is 0.382 e. The van der Waals surface area contributed by atoms with Crippen molar-refractivity contribution >= 4 is 5.91 Å². The fraction of sp³-hybridized carbons (Fsp3) is 0.966. The zero-order chi connectivity index (χ0) is 33.2. The maximum Gasteiger partial charge on any atom is 0.246 e. The van der Waals surface area contributed by atoms with Crippen molar-refractivity contribution in [3.63, 3.8) is 0 Å². The SMILES string of the molecule is COCCOCC(=O)NCCN(CCN)CCN(CCNCCN)CCN(CCNCCN)CCNCCN(CCN)CCN. The molecule has 16 heteroatoms. The number of hydrogen-bond donors (Lipinski definition) is 9. The Hall–Kier alpha value is -1.09. The Bertz CT molecular complexity index is 622. The van der Waals surface area contributed by atoms with Gasteiger partial charge in [-0.1, -0.05) is 0 Å². The molecule has 0 saturated carbocycles. The summed E-state index contributed by atoms with van der Waals surface area (Å²) in [6.45, 7) is 20.6. The zero-order valence-electron chi connectivity index (χ0n) is 28.5. The number of nitrogens with two attached hydrogens (primary N) is 5. The summed E-state index contributed by atoms with van der Waals surface area (Å²) >= 11 is 0. The van der Waals surface area contributed by atoms with Crippen LogP contribution in [0.25, 0.3) is 0 Å². The highest BCUT2D eigenvalue weighted by molar-refractivity contribution is 5.77. The molecule has 0 unspecified atom stereocenters. The lowest BCUT2D eigenvalue weighted by Gasteiger charge is -2.30. The molecule has 270 valence electrons. The van der Waals surface area contributed by atoms with Gasteiger partial charge in [0.05, 0.1) is 13.2 Å². The van der Waals surface area contributed by atoms with Crippen LogP contribution in [-0.2, 0) is 14.3 Å². The smallest absolute Gasteiger partial charge is 0.246 e. The molecule has 45 heavy (non-hydrogen) atoms. The third-order valence-corrected chi connectivity index (χ3v) is 7.28. The first-order chi connectivity index (χ1) is 22.0. The number of amides is 1. The van der Waals surface area contributed by atoms with E-state index in [2.05, 4.69) is 40.9 Å². The van der Waals surface area contributed by atoms with Gasteiger partial charge in [-0.15, -0.1) is 0 Å². The molecule has 0 radical (unpaired) electrons. The van der Waals surface area contributed by atoms with Crippen molar-refractivity contribution in [1.82, 2.24) is 40.9 Å². The van der Waals surface area contributed by atoms with Gasteiger partial charge < -0.3 is 59.4 Å². The zero-order valence-corrected chi connectivity index (χ0v) is 28.5. The second-order valence-electron chi connectivity index (χ2n) is 11.0. The highest BCUT2D eigenvalue weighted by Crippen LogP contribution is 1.96. The summed E-state index contributed by atoms with van der Waals surface area (Å²) < 4.78 is 10.2. The second-order valence-corrected chi connectivity index (χ2v) is 11.0. The van der Waals surface area contributed by atoms with E-state index in [1.54, 1.807) is 7.11 Å². The summed E-state index contributed by atoms with van der Waals surface area (Å²) in [7, 11) is 1.61. The Labute approximate surface area is 273 Å². The van der Waals surface area contributed by atoms with Gasteiger partial charge in [-0.3, -0.25) is 24.4 Å². The molecule has 0 aromatic rings. The van der Waals surface area contributed by atoms with Crippen molar-refractivity contribution < 1.29 is 14.3 Å². The molecular formula is C29H71N13O3. The predicted molar refractivity (Wildman–Crippen MR) is 185 cm³/mol. The van der Waals surface area contributed by atoms with Gasteiger partial charge in [0, 0.05) is 164 Å². The maximum absolute atomic E-state index is 12.1. The van der Waals surface area contributed by atoms with Crippen LogP contribution in [0.3, 0.4) is 0 Å². The summed E-state index contributed by atoms with van der Waals surface area (Å²) in [6.07, 6.45) is 0. The Balaban J connectivity index is 4.91. The van der Waals surface area contributed by atoms with Crippen molar-refractivity contribution in [2.45, 2.75) is 0 Å². The van der Waals surface area contributed by atoms with Crippen LogP contribution < -0.4 is 49.9 Å². The van der Waals surface area contributed by atoms with E-state index in [1.807, 2.05) is 0 Å². The molecule has 0 atom stereocenters. The minimum Gasteiger partial charge on any atom is -0.382 e. The number of hydrogen-bond acceptors (Lipinski definition) is 15. The number of nitrogens with one attached hydrogen (secondary N) is 4. The Morgan fingerprint density at radius 1 is 0.489 bits per heavy atom. The molecule has 0 aromatic heterocycles. The molecule has 0 spiro atoms. The average molecular weight is 650 g/mol. The molecule has 0 aliphatic carbocycles. The van der Waals surface area contributed by atoms with E-state index in [4.69, 9.17) is 38.1 Å². The van der Waals surface area contributed by atoms with Gasteiger partial charge in [0.1, 0.15) is 6.61 Å². The fourth-order valence-electron chi connectivity index (χ4n) is 4.69. The normalized spacial score (nSPS) is 12.0. The van der Waals surface area contributed by atoms with Gasteiger partial charge in [-0.25, -0.2) is 0 Å². The molecular weight excluding hydrogens is 578 g/mol. The number of ether oxygens (including phenoxy) is 2. The van der Waals surface area contributed by atoms with Gasteiger partial charge in [-0.05, 0) is 0 Å². The topological polar surface area (TPSA) is 227 Å². The third-order valence-electron chi connectivity index (χ3n) is 7.28. The van der Waals surface area contributed by atoms with Crippen LogP contribution in [0.5, 0.6) is 0 Å². The first-order valence-electron chi connectivity index (χ1n) is 16.9. The number of nitrogens with zero attached hydrogens (tertiary/aromatic N) is 4. The molecule has 0 aliphatic heterocycles. The van der Waals surface area contributed by atoms with Crippen LogP contribution in [0, 0.1) is 0 Å². The molecule has 0 aromatic carbocycles. The molecule has 1 amide bonds. The molecule has 0 saturated heterocycles. The van der Waals surface area contributed by atoms with E-state index in [9.17, 15) is 4.79 Å². The summed E-state index contributed by atoms with van der Waals surface area (Å²) in [5.74, 6) is -0.120. The number of rotatable bonds is 36. The minimum atomic E-state index is -0.120. The van der Waals surface area contributed by atoms with Crippen molar-refractivity contribution in [3.05, 3.63) is 0 Å². The minimum absolute atomic E-state index is 0.0403. The van der Waals surface area contributed by atoms with E-state index < -0.39 is 0 Å². The molecule has 0 bridgehead atoms. The monoisotopic (exact) mass is 650 g/mol. The van der Waals surface area contributed by atoms with Crippen molar-refractivity contribution in [2.75, 3.05) is 184 Å². The lowest BCUT2D eigenvalue weighted by molar-refractivity contribution is -0.126. The van der Waals surface area contributed by atoms with Gasteiger partial charge in [0.25, 0.3) is 0 Å². The Morgan fingerprint density at radius 3 is 1.29 bits per heavy atom. The number of methoxy groups -OCH3 is 1. The highest BCUT2D eigenvalue weighted by Gasteiger charge is 2.13. The van der Waals surface area contributed by atoms with Crippen molar-refractivity contribution in [1.29, 1.82) is 0 Å². The van der Waals surface area contributed by atoms with Crippen LogP contribution in [0.4, 0.5) is 0 Å². The lowest BCUT2D eigenvalue weighted by atomic mass is 10.3. The summed E-state index contributed by atoms with van der Waals surface area (Å²) in [6, 6.07) is 0. The van der Waals surface area contributed by atoms with E-state index in [0.717, 1.165) is 118 Å². The Morgan fingerprint density at radius 2 is 0.867 bits per heavy atom. The van der Waals surface area contributed by atoms with E-state index in [1.165, 1.54) is 0 Å². The molecule has 14 N–H and O–H groups in total. The summed E-state index contributed by atoms with van der Waals surface area (Å²) in [5.41, 5.74) is 28.8. The van der Waals surface area contributed by atoms with Gasteiger partial charge in [-0.2, -0.15) is 0 Å². The maximum atomic E-state index is 12.1. The van der Waals surface area contributed by atoms with Crippen LogP contribution in [0.1, 0.15) is 0 Å². The summed E-state index contributed by atoms with van der Waals surface area (Å²) in [4.78, 5) is 21.7. The van der Waals surface area contributed by atoms with E-state index >= 15 is 0 Å². The molecule has 0 aliphatic rings. The predicted octanol–water partition coefficient (Wildman–Crippen LogP) is -5.46. The number of carbonyl (C=O) groups excluding carboxylic acids is 1. The van der Waals surface area contributed by atoms with Crippen LogP contribution in [0.2, 0.25) is 0 Å². The van der Waals surface area contributed by atoms with Gasteiger partial charge >= 0.3 is 0 Å². The van der Waals surface area contributed by atoms with Crippen LogP contribution in [0.15, 0.2) is 0 Å². The average Bonchev–Trinajstić information content (AvgIpc) is 3.03. The Kier molecular flexibility index (Phi) is 33.4. The lowest BCUT2D eigenvalue weighted by Crippen LogP contribution is -2.46. The van der Waals surface area contributed by atoms with Gasteiger partial charge in [0.2, 0.25) is 5.91 Å². The van der Waals surface area contributed by atoms with E-state index in [-0.39, 0.29) is 12.5 Å². The molecule has 0 fully saturated rings.